The van der Waals surface area contributed by atoms with Crippen LogP contribution in [0.4, 0.5) is 0 Å². The number of aromatic nitrogens is 3. The third-order valence-electron chi connectivity index (χ3n) is 6.37. The lowest BCUT2D eigenvalue weighted by Gasteiger charge is -2.42. The van der Waals surface area contributed by atoms with Crippen LogP contribution in [0.2, 0.25) is 0 Å². The topological polar surface area (TPSA) is 82.1 Å². The summed E-state index contributed by atoms with van der Waals surface area (Å²) < 4.78 is 0. The van der Waals surface area contributed by atoms with Crippen molar-refractivity contribution < 1.29 is 9.90 Å². The minimum atomic E-state index is -0.358. The highest BCUT2D eigenvalue weighted by Crippen LogP contribution is 2.46. The molecule has 1 aromatic heterocycles. The number of benzene rings is 2. The van der Waals surface area contributed by atoms with Gasteiger partial charge in [0.15, 0.2) is 5.82 Å². The molecule has 1 saturated heterocycles. The number of H-pyrrole nitrogens is 1. The molecule has 1 aliphatic heterocycles. The van der Waals surface area contributed by atoms with Gasteiger partial charge in [0.05, 0.1) is 6.10 Å². The van der Waals surface area contributed by atoms with E-state index in [0.717, 1.165) is 18.4 Å². The second-order valence-electron chi connectivity index (χ2n) is 7.74. The van der Waals surface area contributed by atoms with E-state index >= 15 is 0 Å². The highest BCUT2D eigenvalue weighted by Gasteiger charge is 2.48. The quantitative estimate of drug-likeness (QED) is 0.722. The van der Waals surface area contributed by atoms with Gasteiger partial charge in [0, 0.05) is 29.6 Å². The molecule has 6 heteroatoms. The molecule has 0 unspecified atom stereocenters. The number of hydrogen-bond acceptors (Lipinski definition) is 4. The van der Waals surface area contributed by atoms with Crippen LogP contribution in [0.25, 0.3) is 11.4 Å². The fourth-order valence-corrected chi connectivity index (χ4v) is 4.78. The van der Waals surface area contributed by atoms with Gasteiger partial charge in [-0.1, -0.05) is 36.4 Å². The number of piperidine rings is 1. The Bertz CT molecular complexity index is 990. The van der Waals surface area contributed by atoms with Crippen molar-refractivity contribution in [1.29, 1.82) is 0 Å². The van der Waals surface area contributed by atoms with E-state index in [2.05, 4.69) is 27.3 Å². The summed E-state index contributed by atoms with van der Waals surface area (Å²) in [6, 6.07) is 15.8. The van der Waals surface area contributed by atoms with Crippen LogP contribution >= 0.6 is 0 Å². The number of aliphatic hydroxyl groups excluding tert-OH is 1. The lowest BCUT2D eigenvalue weighted by molar-refractivity contribution is 0.0365. The lowest BCUT2D eigenvalue weighted by Crippen LogP contribution is -2.49. The van der Waals surface area contributed by atoms with E-state index in [4.69, 9.17) is 0 Å². The number of amides is 1. The Morgan fingerprint density at radius 2 is 1.86 bits per heavy atom. The molecule has 0 bridgehead atoms. The first-order chi connectivity index (χ1) is 13.7. The number of aromatic amines is 1. The summed E-state index contributed by atoms with van der Waals surface area (Å²) in [6.45, 7) is 1.32. The molecule has 2 aliphatic rings. The molecule has 2 heterocycles. The number of likely N-dealkylation sites (tertiary alicyclic amines) is 1. The van der Waals surface area contributed by atoms with Crippen molar-refractivity contribution in [3.05, 3.63) is 71.5 Å². The van der Waals surface area contributed by atoms with E-state index < -0.39 is 0 Å². The van der Waals surface area contributed by atoms with Crippen LogP contribution < -0.4 is 0 Å². The summed E-state index contributed by atoms with van der Waals surface area (Å²) in [4.78, 5) is 19.0. The van der Waals surface area contributed by atoms with Crippen molar-refractivity contribution in [2.24, 2.45) is 0 Å². The molecule has 0 saturated carbocycles. The zero-order valence-electron chi connectivity index (χ0n) is 15.5. The normalized spacial score (nSPS) is 20.3. The Morgan fingerprint density at radius 1 is 1.11 bits per heavy atom. The van der Waals surface area contributed by atoms with E-state index in [1.807, 2.05) is 41.3 Å². The number of carbonyl (C=O) groups excluding carboxylic acids is 1. The van der Waals surface area contributed by atoms with Gasteiger partial charge in [0.1, 0.15) is 6.33 Å². The van der Waals surface area contributed by atoms with Crippen molar-refractivity contribution in [3.63, 3.8) is 0 Å². The minimum Gasteiger partial charge on any atom is -0.392 e. The molecule has 5 rings (SSSR count). The van der Waals surface area contributed by atoms with Crippen LogP contribution in [-0.2, 0) is 11.8 Å². The van der Waals surface area contributed by atoms with Crippen molar-refractivity contribution in [2.75, 3.05) is 13.1 Å². The Hall–Kier alpha value is -2.99. The molecule has 142 valence electrons. The van der Waals surface area contributed by atoms with Crippen molar-refractivity contribution in [2.45, 2.75) is 30.8 Å². The third kappa shape index (κ3) is 2.64. The number of nitrogens with one attached hydrogen (secondary N) is 1. The van der Waals surface area contributed by atoms with Crippen molar-refractivity contribution in [3.8, 4) is 11.4 Å². The molecule has 2 N–H and O–H groups in total. The number of nitrogens with zero attached hydrogens (tertiary/aromatic N) is 3. The molecule has 3 aromatic rings. The predicted molar refractivity (Wildman–Crippen MR) is 105 cm³/mol. The highest BCUT2D eigenvalue weighted by atomic mass is 16.3. The number of hydrogen-bond donors (Lipinski definition) is 2. The first-order valence-electron chi connectivity index (χ1n) is 9.69. The predicted octanol–water partition coefficient (Wildman–Crippen LogP) is 2.56. The zero-order valence-corrected chi connectivity index (χ0v) is 15.5. The van der Waals surface area contributed by atoms with Gasteiger partial charge in [0.2, 0.25) is 0 Å². The van der Waals surface area contributed by atoms with Crippen molar-refractivity contribution in [1.82, 2.24) is 20.1 Å². The molecular formula is C22H22N4O2. The Kier molecular flexibility index (Phi) is 4.02. The first kappa shape index (κ1) is 17.1. The summed E-state index contributed by atoms with van der Waals surface area (Å²) in [5.41, 5.74) is 3.89. The van der Waals surface area contributed by atoms with E-state index in [9.17, 15) is 9.90 Å². The van der Waals surface area contributed by atoms with E-state index in [1.165, 1.54) is 17.5 Å². The Labute approximate surface area is 163 Å². The highest BCUT2D eigenvalue weighted by molar-refractivity contribution is 5.94. The van der Waals surface area contributed by atoms with Crippen molar-refractivity contribution >= 4 is 5.91 Å². The molecule has 1 aliphatic carbocycles. The number of fused-ring (bicyclic) bond motifs is 2. The summed E-state index contributed by atoms with van der Waals surface area (Å²) in [6.07, 6.45) is 3.42. The monoisotopic (exact) mass is 374 g/mol. The van der Waals surface area contributed by atoms with Gasteiger partial charge < -0.3 is 10.0 Å². The fourth-order valence-electron chi connectivity index (χ4n) is 4.78. The molecule has 1 spiro atoms. The number of carbonyl (C=O) groups is 1. The van der Waals surface area contributed by atoms with Crippen LogP contribution in [0, 0.1) is 0 Å². The largest absolute Gasteiger partial charge is 0.392 e. The standard InChI is InChI=1S/C22H22N4O2/c27-19-13-17-3-1-2-4-18(17)22(19)9-11-26(12-10-22)21(28)16-7-5-15(6-8-16)20-23-14-24-25-20/h1-8,14,19,27H,9-13H2,(H,23,24,25)/t19-/m0/s1. The van der Waals surface area contributed by atoms with Crippen LogP contribution in [0.15, 0.2) is 54.9 Å². The van der Waals surface area contributed by atoms with Gasteiger partial charge in [-0.3, -0.25) is 9.89 Å². The van der Waals surface area contributed by atoms with Gasteiger partial charge in [-0.15, -0.1) is 0 Å². The third-order valence-corrected chi connectivity index (χ3v) is 6.37. The summed E-state index contributed by atoms with van der Waals surface area (Å²) in [5, 5.41) is 17.5. The smallest absolute Gasteiger partial charge is 0.253 e. The molecule has 1 atom stereocenters. The Balaban J connectivity index is 1.31. The van der Waals surface area contributed by atoms with Gasteiger partial charge in [-0.2, -0.15) is 5.10 Å². The second kappa shape index (κ2) is 6.56. The minimum absolute atomic E-state index is 0.0414. The van der Waals surface area contributed by atoms with Gasteiger partial charge in [-0.05, 0) is 42.5 Å². The summed E-state index contributed by atoms with van der Waals surface area (Å²) in [7, 11) is 0. The van der Waals surface area contributed by atoms with Crippen LogP contribution in [0.3, 0.4) is 0 Å². The van der Waals surface area contributed by atoms with Crippen LogP contribution in [-0.4, -0.2) is 50.3 Å². The van der Waals surface area contributed by atoms with E-state index in [-0.39, 0.29) is 17.4 Å². The van der Waals surface area contributed by atoms with Crippen LogP contribution in [0.1, 0.15) is 34.3 Å². The maximum Gasteiger partial charge on any atom is 0.253 e. The lowest BCUT2D eigenvalue weighted by atomic mass is 9.72. The maximum absolute atomic E-state index is 13.0. The fraction of sp³-hybridized carbons (Fsp3) is 0.318. The van der Waals surface area contributed by atoms with E-state index in [1.54, 1.807) is 0 Å². The first-order valence-corrected chi connectivity index (χ1v) is 9.69. The van der Waals surface area contributed by atoms with Gasteiger partial charge in [-0.25, -0.2) is 4.98 Å². The molecule has 1 fully saturated rings. The Morgan fingerprint density at radius 3 is 2.57 bits per heavy atom. The molecule has 1 amide bonds. The summed E-state index contributed by atoms with van der Waals surface area (Å²) >= 11 is 0. The molecular weight excluding hydrogens is 352 g/mol. The van der Waals surface area contributed by atoms with Crippen LogP contribution in [0.5, 0.6) is 0 Å². The van der Waals surface area contributed by atoms with Gasteiger partial charge >= 0.3 is 0 Å². The zero-order chi connectivity index (χ0) is 19.1. The van der Waals surface area contributed by atoms with Gasteiger partial charge in [0.25, 0.3) is 5.91 Å². The maximum atomic E-state index is 13.0. The average molecular weight is 374 g/mol. The number of rotatable bonds is 2. The summed E-state index contributed by atoms with van der Waals surface area (Å²) in [5.74, 6) is 0.729. The SMILES string of the molecule is O=C(c1ccc(-c2ncn[nH]2)cc1)N1CCC2(CC1)c1ccccc1C[C@@H]2O. The number of aliphatic hydroxyl groups is 1. The second-order valence-corrected chi connectivity index (χ2v) is 7.74. The molecule has 0 radical (unpaired) electrons. The molecule has 28 heavy (non-hydrogen) atoms. The molecule has 6 nitrogen and oxygen atoms in total. The van der Waals surface area contributed by atoms with E-state index in [0.29, 0.717) is 30.9 Å². The average Bonchev–Trinajstić information content (AvgIpc) is 3.36. The molecule has 2 aromatic carbocycles.